The van der Waals surface area contributed by atoms with E-state index in [9.17, 15) is 9.59 Å². The number of carbonyl (C=O) groups is 1. The molecule has 2 N–H and O–H groups in total. The molecule has 0 radical (unpaired) electrons. The smallest absolute Gasteiger partial charge is 0.404 e. The predicted molar refractivity (Wildman–Crippen MR) is 63.7 cm³/mol. The van der Waals surface area contributed by atoms with Crippen molar-refractivity contribution in [2.75, 3.05) is 6.54 Å². The highest BCUT2D eigenvalue weighted by Gasteiger charge is 2.41. The van der Waals surface area contributed by atoms with Crippen LogP contribution in [0.2, 0.25) is 0 Å². The molecular weight excluding hydrogens is 220 g/mol. The summed E-state index contributed by atoms with van der Waals surface area (Å²) >= 11 is 0. The Labute approximate surface area is 101 Å². The van der Waals surface area contributed by atoms with E-state index in [1.807, 2.05) is 6.92 Å². The molecule has 96 valence electrons. The average molecular weight is 240 g/mol. The van der Waals surface area contributed by atoms with Gasteiger partial charge in [0.1, 0.15) is 0 Å². The minimum atomic E-state index is -0.992. The van der Waals surface area contributed by atoms with Crippen molar-refractivity contribution in [3.05, 3.63) is 0 Å². The highest BCUT2D eigenvalue weighted by Crippen LogP contribution is 2.46. The van der Waals surface area contributed by atoms with Gasteiger partial charge in [-0.3, -0.25) is 0 Å². The maximum atomic E-state index is 10.7. The SMILES string of the molecule is CC1(C)CC(NC(=O)O)CC(C)(CN=C=O)C1. The Morgan fingerprint density at radius 2 is 2.12 bits per heavy atom. The quantitative estimate of drug-likeness (QED) is 0.586. The van der Waals surface area contributed by atoms with Crippen molar-refractivity contribution in [3.63, 3.8) is 0 Å². The summed E-state index contributed by atoms with van der Waals surface area (Å²) in [6.45, 7) is 6.69. The Hall–Kier alpha value is -1.35. The third kappa shape index (κ3) is 4.19. The van der Waals surface area contributed by atoms with Crippen LogP contribution in [0.3, 0.4) is 0 Å². The second kappa shape index (κ2) is 4.88. The van der Waals surface area contributed by atoms with Crippen LogP contribution in [0.15, 0.2) is 4.99 Å². The Bertz CT molecular complexity index is 348. The second-order valence-corrected chi connectivity index (χ2v) is 6.11. The molecule has 1 aliphatic carbocycles. The van der Waals surface area contributed by atoms with Gasteiger partial charge in [0.15, 0.2) is 0 Å². The number of carboxylic acid groups (broad SMARTS) is 1. The second-order valence-electron chi connectivity index (χ2n) is 6.11. The summed E-state index contributed by atoms with van der Waals surface area (Å²) in [6, 6.07) is -0.0666. The average Bonchev–Trinajstić information content (AvgIpc) is 2.10. The van der Waals surface area contributed by atoms with Crippen molar-refractivity contribution in [2.45, 2.75) is 46.1 Å². The van der Waals surface area contributed by atoms with Crippen LogP contribution in [0, 0.1) is 10.8 Å². The number of nitrogens with one attached hydrogen (secondary N) is 1. The van der Waals surface area contributed by atoms with E-state index in [0.717, 1.165) is 12.8 Å². The fourth-order valence-electron chi connectivity index (χ4n) is 3.25. The summed E-state index contributed by atoms with van der Waals surface area (Å²) in [6.07, 6.45) is 3.04. The zero-order valence-electron chi connectivity index (χ0n) is 10.6. The Morgan fingerprint density at radius 3 is 2.65 bits per heavy atom. The van der Waals surface area contributed by atoms with Gasteiger partial charge in [-0.2, -0.15) is 0 Å². The van der Waals surface area contributed by atoms with Crippen LogP contribution < -0.4 is 5.32 Å². The van der Waals surface area contributed by atoms with E-state index < -0.39 is 6.09 Å². The molecule has 0 saturated heterocycles. The van der Waals surface area contributed by atoms with Crippen LogP contribution in [-0.4, -0.2) is 29.9 Å². The highest BCUT2D eigenvalue weighted by molar-refractivity contribution is 5.64. The lowest BCUT2D eigenvalue weighted by Gasteiger charge is -2.45. The minimum Gasteiger partial charge on any atom is -0.465 e. The largest absolute Gasteiger partial charge is 0.465 e. The molecule has 1 rings (SSSR count). The fraction of sp³-hybridized carbons (Fsp3) is 0.833. The van der Waals surface area contributed by atoms with Gasteiger partial charge in [-0.15, -0.1) is 0 Å². The molecule has 2 unspecified atom stereocenters. The zero-order chi connectivity index (χ0) is 13.1. The van der Waals surface area contributed by atoms with Gasteiger partial charge in [0.05, 0.1) is 6.54 Å². The zero-order valence-corrected chi connectivity index (χ0v) is 10.6. The molecule has 0 aromatic heterocycles. The number of aliphatic imine (C=N–C) groups is 1. The maximum absolute atomic E-state index is 10.7. The molecule has 17 heavy (non-hydrogen) atoms. The Balaban J connectivity index is 2.79. The topological polar surface area (TPSA) is 78.8 Å². The van der Waals surface area contributed by atoms with Crippen LogP contribution in [0.5, 0.6) is 0 Å². The van der Waals surface area contributed by atoms with Gasteiger partial charge >= 0.3 is 6.09 Å². The molecule has 0 heterocycles. The molecule has 0 bridgehead atoms. The third-order valence-electron chi connectivity index (χ3n) is 3.30. The first kappa shape index (κ1) is 13.7. The summed E-state index contributed by atoms with van der Waals surface area (Å²) in [5.41, 5.74) is -0.0786. The molecule has 5 nitrogen and oxygen atoms in total. The fourth-order valence-corrected chi connectivity index (χ4v) is 3.25. The van der Waals surface area contributed by atoms with Gasteiger partial charge in [-0.05, 0) is 30.1 Å². The van der Waals surface area contributed by atoms with Crippen LogP contribution in [-0.2, 0) is 4.79 Å². The number of rotatable bonds is 3. The molecule has 0 aromatic carbocycles. The molecule has 1 aliphatic rings. The van der Waals surface area contributed by atoms with E-state index in [1.54, 1.807) is 6.08 Å². The van der Waals surface area contributed by atoms with Crippen molar-refractivity contribution in [1.82, 2.24) is 5.32 Å². The molecule has 1 fully saturated rings. The summed E-state index contributed by atoms with van der Waals surface area (Å²) < 4.78 is 0. The van der Waals surface area contributed by atoms with Crippen molar-refractivity contribution in [3.8, 4) is 0 Å². The molecule has 0 aromatic rings. The van der Waals surface area contributed by atoms with Crippen LogP contribution in [0.4, 0.5) is 4.79 Å². The lowest BCUT2D eigenvalue weighted by molar-refractivity contribution is 0.0767. The van der Waals surface area contributed by atoms with Crippen LogP contribution >= 0.6 is 0 Å². The minimum absolute atomic E-state index is 0.0541. The highest BCUT2D eigenvalue weighted by atomic mass is 16.4. The first-order chi connectivity index (χ1) is 7.76. The third-order valence-corrected chi connectivity index (χ3v) is 3.30. The summed E-state index contributed by atoms with van der Waals surface area (Å²) in [7, 11) is 0. The number of nitrogens with zero attached hydrogens (tertiary/aromatic N) is 1. The van der Waals surface area contributed by atoms with Gasteiger partial charge in [0, 0.05) is 6.04 Å². The number of hydrogen-bond acceptors (Lipinski definition) is 3. The monoisotopic (exact) mass is 240 g/mol. The van der Waals surface area contributed by atoms with Crippen LogP contribution in [0.25, 0.3) is 0 Å². The van der Waals surface area contributed by atoms with Crippen molar-refractivity contribution in [2.24, 2.45) is 15.8 Å². The van der Waals surface area contributed by atoms with Gasteiger partial charge in [0.2, 0.25) is 6.08 Å². The molecule has 5 heteroatoms. The summed E-state index contributed by atoms with van der Waals surface area (Å²) in [5, 5.41) is 11.3. The maximum Gasteiger partial charge on any atom is 0.404 e. The number of amides is 1. The summed E-state index contributed by atoms with van der Waals surface area (Å²) in [4.78, 5) is 24.6. The molecule has 0 aliphatic heterocycles. The van der Waals surface area contributed by atoms with E-state index in [-0.39, 0.29) is 16.9 Å². The summed E-state index contributed by atoms with van der Waals surface area (Å²) in [5.74, 6) is 0. The van der Waals surface area contributed by atoms with Crippen LogP contribution in [0.1, 0.15) is 40.0 Å². The van der Waals surface area contributed by atoms with Gasteiger partial charge in [-0.25, -0.2) is 14.6 Å². The Kier molecular flexibility index (Phi) is 3.94. The molecule has 1 amide bonds. The Morgan fingerprint density at radius 1 is 1.47 bits per heavy atom. The lowest BCUT2D eigenvalue weighted by atomic mass is 9.62. The molecule has 1 saturated carbocycles. The first-order valence-corrected chi connectivity index (χ1v) is 5.79. The van der Waals surface area contributed by atoms with Gasteiger partial charge in [-0.1, -0.05) is 20.8 Å². The van der Waals surface area contributed by atoms with E-state index in [4.69, 9.17) is 5.11 Å². The molecular formula is C12H20N2O3. The van der Waals surface area contributed by atoms with Crippen molar-refractivity contribution >= 4 is 12.2 Å². The first-order valence-electron chi connectivity index (χ1n) is 5.79. The predicted octanol–water partition coefficient (Wildman–Crippen LogP) is 2.17. The normalized spacial score (nSPS) is 31.4. The van der Waals surface area contributed by atoms with Gasteiger partial charge in [0.25, 0.3) is 0 Å². The molecule has 2 atom stereocenters. The van der Waals surface area contributed by atoms with E-state index in [1.165, 1.54) is 0 Å². The van der Waals surface area contributed by atoms with E-state index in [2.05, 4.69) is 24.2 Å². The van der Waals surface area contributed by atoms with E-state index in [0.29, 0.717) is 13.0 Å². The standard InChI is InChI=1S/C12H20N2O3/c1-11(2)4-9(14-10(16)17)5-12(3,6-11)7-13-8-15/h9,14H,4-7H2,1-3H3,(H,16,17). The van der Waals surface area contributed by atoms with Crippen molar-refractivity contribution < 1.29 is 14.7 Å². The van der Waals surface area contributed by atoms with E-state index >= 15 is 0 Å². The van der Waals surface area contributed by atoms with Crippen molar-refractivity contribution in [1.29, 1.82) is 0 Å². The number of hydrogen-bond donors (Lipinski definition) is 2. The number of isocyanates is 1. The lowest BCUT2D eigenvalue weighted by Crippen LogP contribution is -2.47. The van der Waals surface area contributed by atoms with Gasteiger partial charge < -0.3 is 10.4 Å². The molecule has 0 spiro atoms. The number of carbonyl (C=O) groups excluding carboxylic acids is 1.